The molecule has 1 aromatic carbocycles. The van der Waals surface area contributed by atoms with Gasteiger partial charge in [-0.3, -0.25) is 4.57 Å². The molecule has 0 spiro atoms. The number of halogens is 2. The number of esters is 1. The summed E-state index contributed by atoms with van der Waals surface area (Å²) in [5.74, 6) is -0.414. The zero-order chi connectivity index (χ0) is 26.3. The van der Waals surface area contributed by atoms with Crippen molar-refractivity contribution in [1.82, 2.24) is 0 Å². The van der Waals surface area contributed by atoms with E-state index in [1.54, 1.807) is 12.1 Å². The molecule has 1 rings (SSSR count). The van der Waals surface area contributed by atoms with E-state index in [-0.39, 0.29) is 13.2 Å². The minimum atomic E-state index is -2.15. The lowest BCUT2D eigenvalue weighted by molar-refractivity contribution is -0.0194. The first-order chi connectivity index (χ1) is 17.6. The van der Waals surface area contributed by atoms with Gasteiger partial charge in [-0.1, -0.05) is 112 Å². The van der Waals surface area contributed by atoms with Crippen molar-refractivity contribution in [2.45, 2.75) is 103 Å². The monoisotopic (exact) mass is 700 g/mol. The first kappa shape index (κ1) is 34.1. The molecule has 5 nitrogen and oxygen atoms in total. The number of carbonyl (C=O) groups excluding carboxylic acids is 1. The summed E-state index contributed by atoms with van der Waals surface area (Å²) in [4.78, 5) is 12.5. The van der Waals surface area contributed by atoms with Crippen LogP contribution in [0.3, 0.4) is 0 Å². The SMILES string of the molecule is CCCCCCCCCCCCCCCCOCC(CO[PH](=O)CCBr)OC(=O)c1cccc(I)c1. The van der Waals surface area contributed by atoms with Crippen molar-refractivity contribution in [2.75, 3.05) is 31.3 Å². The average molecular weight is 701 g/mol. The number of unbranched alkanes of at least 4 members (excludes halogenated alkanes) is 13. The van der Waals surface area contributed by atoms with Crippen molar-refractivity contribution in [3.63, 3.8) is 0 Å². The molecule has 8 heteroatoms. The molecule has 36 heavy (non-hydrogen) atoms. The third kappa shape index (κ3) is 19.2. The van der Waals surface area contributed by atoms with E-state index in [2.05, 4.69) is 45.4 Å². The van der Waals surface area contributed by atoms with E-state index in [9.17, 15) is 9.36 Å². The standard InChI is InChI=1S/C28H47BrIO5P/c1-2-3-4-5-6-7-8-9-10-11-12-13-14-15-20-33-23-27(24-34-36(32)21-19-29)35-28(31)25-17-16-18-26(30)22-25/h16-18,22,27,36H,2-15,19-21,23-24H2,1H3. The van der Waals surface area contributed by atoms with Gasteiger partial charge < -0.3 is 14.0 Å². The van der Waals surface area contributed by atoms with Crippen LogP contribution >= 0.6 is 46.5 Å². The van der Waals surface area contributed by atoms with Crippen molar-refractivity contribution in [1.29, 1.82) is 0 Å². The van der Waals surface area contributed by atoms with Gasteiger partial charge in [-0.25, -0.2) is 4.79 Å². The predicted octanol–water partition coefficient (Wildman–Crippen LogP) is 9.20. The molecule has 0 bridgehead atoms. The molecule has 0 saturated heterocycles. The van der Waals surface area contributed by atoms with Gasteiger partial charge in [0.15, 0.2) is 8.03 Å². The molecule has 2 unspecified atom stereocenters. The molecule has 1 aromatic rings. The maximum Gasteiger partial charge on any atom is 0.338 e. The van der Waals surface area contributed by atoms with E-state index in [0.717, 1.165) is 16.4 Å². The summed E-state index contributed by atoms with van der Waals surface area (Å²) in [6, 6.07) is 7.25. The second kappa shape index (κ2) is 24.1. The molecule has 208 valence electrons. The van der Waals surface area contributed by atoms with Gasteiger partial charge in [0.25, 0.3) is 0 Å². The van der Waals surface area contributed by atoms with Gasteiger partial charge in [0.2, 0.25) is 0 Å². The predicted molar refractivity (Wildman–Crippen MR) is 163 cm³/mol. The Labute approximate surface area is 242 Å². The summed E-state index contributed by atoms with van der Waals surface area (Å²) >= 11 is 5.44. The Morgan fingerprint density at radius 1 is 0.917 bits per heavy atom. The zero-order valence-corrected chi connectivity index (χ0v) is 26.9. The van der Waals surface area contributed by atoms with Crippen LogP contribution in [0.4, 0.5) is 0 Å². The minimum absolute atomic E-state index is 0.0825. The van der Waals surface area contributed by atoms with Crippen LogP contribution in [0.25, 0.3) is 0 Å². The van der Waals surface area contributed by atoms with Gasteiger partial charge in [-0.2, -0.15) is 0 Å². The lowest BCUT2D eigenvalue weighted by Crippen LogP contribution is -2.28. The highest BCUT2D eigenvalue weighted by atomic mass is 127. The zero-order valence-electron chi connectivity index (χ0n) is 22.1. The lowest BCUT2D eigenvalue weighted by atomic mass is 10.0. The van der Waals surface area contributed by atoms with E-state index in [4.69, 9.17) is 14.0 Å². The summed E-state index contributed by atoms with van der Waals surface area (Å²) < 4.78 is 29.7. The van der Waals surface area contributed by atoms with Gasteiger partial charge >= 0.3 is 5.97 Å². The molecule has 2 atom stereocenters. The Hall–Kier alpha value is 0.0500. The molecular formula is C28H47BrIO5P. The number of carbonyl (C=O) groups is 1. The average Bonchev–Trinajstić information content (AvgIpc) is 2.87. The molecule has 0 aromatic heterocycles. The van der Waals surface area contributed by atoms with Crippen LogP contribution in [0.5, 0.6) is 0 Å². The van der Waals surface area contributed by atoms with Gasteiger partial charge in [0.1, 0.15) is 6.10 Å². The molecule has 0 saturated carbocycles. The van der Waals surface area contributed by atoms with Gasteiger partial charge in [-0.05, 0) is 47.2 Å². The molecular weight excluding hydrogens is 654 g/mol. The van der Waals surface area contributed by atoms with Crippen molar-refractivity contribution >= 4 is 52.5 Å². The Morgan fingerprint density at radius 2 is 1.50 bits per heavy atom. The van der Waals surface area contributed by atoms with Crippen LogP contribution < -0.4 is 0 Å². The van der Waals surface area contributed by atoms with E-state index in [0.29, 0.717) is 23.7 Å². The molecule has 0 fully saturated rings. The summed E-state index contributed by atoms with van der Waals surface area (Å²) in [6.07, 6.45) is 18.4. The summed E-state index contributed by atoms with van der Waals surface area (Å²) in [5, 5.41) is 0.618. The normalized spacial score (nSPS) is 13.0. The maximum absolute atomic E-state index is 12.5. The van der Waals surface area contributed by atoms with Crippen LogP contribution in [0.2, 0.25) is 0 Å². The second-order valence-corrected chi connectivity index (χ2v) is 12.9. The molecule has 0 aliphatic carbocycles. The summed E-state index contributed by atoms with van der Waals surface area (Å²) in [7, 11) is -2.15. The van der Waals surface area contributed by atoms with Crippen LogP contribution in [-0.4, -0.2) is 43.4 Å². The van der Waals surface area contributed by atoms with E-state index in [1.165, 1.54) is 77.0 Å². The number of hydrogen-bond donors (Lipinski definition) is 0. The Morgan fingerprint density at radius 3 is 2.06 bits per heavy atom. The van der Waals surface area contributed by atoms with Crippen molar-refractivity contribution < 1.29 is 23.4 Å². The van der Waals surface area contributed by atoms with Crippen molar-refractivity contribution in [3.8, 4) is 0 Å². The van der Waals surface area contributed by atoms with E-state index < -0.39 is 20.1 Å². The fourth-order valence-electron chi connectivity index (χ4n) is 3.90. The minimum Gasteiger partial charge on any atom is -0.454 e. The second-order valence-electron chi connectivity index (χ2n) is 9.33. The number of alkyl halides is 1. The largest absolute Gasteiger partial charge is 0.454 e. The summed E-state index contributed by atoms with van der Waals surface area (Å²) in [5.41, 5.74) is 0.493. The first-order valence-corrected chi connectivity index (χ1v) is 17.5. The molecule has 0 radical (unpaired) electrons. The third-order valence-corrected chi connectivity index (χ3v) is 8.96. The lowest BCUT2D eigenvalue weighted by Gasteiger charge is -2.18. The quantitative estimate of drug-likeness (QED) is 0.0354. The highest BCUT2D eigenvalue weighted by molar-refractivity contribution is 14.1. The van der Waals surface area contributed by atoms with E-state index >= 15 is 0 Å². The van der Waals surface area contributed by atoms with Gasteiger partial charge in [0.05, 0.1) is 18.8 Å². The molecule has 0 heterocycles. The Kier molecular flexibility index (Phi) is 22.8. The van der Waals surface area contributed by atoms with Gasteiger partial charge in [-0.15, -0.1) is 0 Å². The molecule has 0 aliphatic rings. The van der Waals surface area contributed by atoms with Gasteiger partial charge in [0, 0.05) is 21.7 Å². The Balaban J connectivity index is 2.15. The number of ether oxygens (including phenoxy) is 2. The third-order valence-electron chi connectivity index (χ3n) is 6.01. The smallest absolute Gasteiger partial charge is 0.338 e. The van der Waals surface area contributed by atoms with Crippen molar-refractivity contribution in [2.24, 2.45) is 0 Å². The highest BCUT2D eigenvalue weighted by Crippen LogP contribution is 2.23. The molecule has 0 aliphatic heterocycles. The number of benzene rings is 1. The highest BCUT2D eigenvalue weighted by Gasteiger charge is 2.18. The van der Waals surface area contributed by atoms with Crippen LogP contribution in [0.1, 0.15) is 107 Å². The topological polar surface area (TPSA) is 61.8 Å². The molecule has 0 amide bonds. The number of rotatable bonds is 24. The first-order valence-electron chi connectivity index (χ1n) is 13.8. The number of hydrogen-bond acceptors (Lipinski definition) is 5. The molecule has 0 N–H and O–H groups in total. The van der Waals surface area contributed by atoms with Crippen molar-refractivity contribution in [3.05, 3.63) is 33.4 Å². The van der Waals surface area contributed by atoms with E-state index in [1.807, 2.05) is 12.1 Å². The van der Waals surface area contributed by atoms with Crippen LogP contribution in [-0.2, 0) is 18.6 Å². The Bertz CT molecular complexity index is 706. The summed E-state index contributed by atoms with van der Waals surface area (Å²) in [6.45, 7) is 3.23. The maximum atomic E-state index is 12.5. The van der Waals surface area contributed by atoms with Crippen LogP contribution in [0.15, 0.2) is 24.3 Å². The fraction of sp³-hybridized carbons (Fsp3) is 0.750. The van der Waals surface area contributed by atoms with Crippen LogP contribution in [0, 0.1) is 3.57 Å². The fourth-order valence-corrected chi connectivity index (χ4v) is 6.08.